The first-order chi connectivity index (χ1) is 15.4. The number of carbonyl (C=O) groups excluding carboxylic acids is 4. The molecule has 0 bridgehead atoms. The lowest BCUT2D eigenvalue weighted by Crippen LogP contribution is -2.54. The molecule has 1 spiro atoms. The molecule has 8 nitrogen and oxygen atoms in total. The molecule has 3 atom stereocenters. The van der Waals surface area contributed by atoms with E-state index >= 15 is 0 Å². The van der Waals surface area contributed by atoms with Crippen LogP contribution in [0.3, 0.4) is 0 Å². The van der Waals surface area contributed by atoms with E-state index in [1.807, 2.05) is 19.9 Å². The molecule has 3 N–H and O–H groups in total. The fraction of sp³-hybridized carbons (Fsp3) is 0.600. The molecule has 180 valence electrons. The van der Waals surface area contributed by atoms with Crippen LogP contribution in [0.1, 0.15) is 65.9 Å². The lowest BCUT2D eigenvalue weighted by Gasteiger charge is -2.43. The number of imide groups is 1. The zero-order valence-corrected chi connectivity index (χ0v) is 20.3. The van der Waals surface area contributed by atoms with E-state index in [1.54, 1.807) is 18.2 Å². The third-order valence-electron chi connectivity index (χ3n) is 6.67. The van der Waals surface area contributed by atoms with Crippen molar-refractivity contribution in [3.05, 3.63) is 29.8 Å². The SMILES string of the molecule is CCC(C)C(=O)Nc1cccc(CNC(=O)CN2C(=O)NC3(CC(C)CC(C)(C)C3)C2=O)c1. The molecular formula is C25H36N4O4. The molecule has 1 aromatic carbocycles. The molecule has 0 radical (unpaired) electrons. The van der Waals surface area contributed by atoms with Gasteiger partial charge in [-0.1, -0.05) is 46.8 Å². The van der Waals surface area contributed by atoms with Crippen molar-refractivity contribution in [2.75, 3.05) is 11.9 Å². The fourth-order valence-corrected chi connectivity index (χ4v) is 5.26. The summed E-state index contributed by atoms with van der Waals surface area (Å²) in [6, 6.07) is 6.74. The molecule has 5 amide bonds. The Bertz CT molecular complexity index is 944. The van der Waals surface area contributed by atoms with Crippen LogP contribution in [0.25, 0.3) is 0 Å². The van der Waals surface area contributed by atoms with Gasteiger partial charge in [-0.05, 0) is 54.7 Å². The predicted molar refractivity (Wildman–Crippen MR) is 126 cm³/mol. The Hall–Kier alpha value is -2.90. The van der Waals surface area contributed by atoms with Gasteiger partial charge in [-0.3, -0.25) is 19.3 Å². The summed E-state index contributed by atoms with van der Waals surface area (Å²) < 4.78 is 0. The minimum absolute atomic E-state index is 0.0496. The summed E-state index contributed by atoms with van der Waals surface area (Å²) in [5.41, 5.74) is 0.494. The summed E-state index contributed by atoms with van der Waals surface area (Å²) in [5, 5.41) is 8.54. The summed E-state index contributed by atoms with van der Waals surface area (Å²) in [5.74, 6) is -0.547. The molecule has 8 heteroatoms. The molecule has 0 aromatic heterocycles. The van der Waals surface area contributed by atoms with Crippen molar-refractivity contribution >= 4 is 29.4 Å². The summed E-state index contributed by atoms with van der Waals surface area (Å²) in [4.78, 5) is 51.5. The number of benzene rings is 1. The van der Waals surface area contributed by atoms with Gasteiger partial charge in [0.15, 0.2) is 0 Å². The van der Waals surface area contributed by atoms with Gasteiger partial charge in [0.25, 0.3) is 5.91 Å². The maximum atomic E-state index is 13.2. The van der Waals surface area contributed by atoms with E-state index in [4.69, 9.17) is 0 Å². The van der Waals surface area contributed by atoms with Gasteiger partial charge in [0, 0.05) is 18.2 Å². The Kier molecular flexibility index (Phi) is 7.14. The van der Waals surface area contributed by atoms with Crippen LogP contribution in [-0.4, -0.2) is 40.7 Å². The Labute approximate surface area is 195 Å². The minimum Gasteiger partial charge on any atom is -0.350 e. The van der Waals surface area contributed by atoms with Crippen molar-refractivity contribution in [1.82, 2.24) is 15.5 Å². The van der Waals surface area contributed by atoms with E-state index < -0.39 is 17.5 Å². The quantitative estimate of drug-likeness (QED) is 0.546. The number of hydrogen-bond donors (Lipinski definition) is 3. The molecule has 2 aliphatic rings. The van der Waals surface area contributed by atoms with Gasteiger partial charge in [-0.25, -0.2) is 4.79 Å². The van der Waals surface area contributed by atoms with Gasteiger partial charge in [-0.2, -0.15) is 0 Å². The number of nitrogens with one attached hydrogen (secondary N) is 3. The van der Waals surface area contributed by atoms with Crippen LogP contribution in [0.5, 0.6) is 0 Å². The Morgan fingerprint density at radius 1 is 1.24 bits per heavy atom. The number of rotatable bonds is 7. The standard InChI is InChI=1S/C25H36N4O4/c1-6-17(3)21(31)27-19-9-7-8-18(10-19)13-26-20(30)14-29-22(32)25(28-23(29)33)12-16(2)11-24(4,5)15-25/h7-10,16-17H,6,11-15H2,1-5H3,(H,26,30)(H,27,31)(H,28,33). The first-order valence-corrected chi connectivity index (χ1v) is 11.8. The number of hydrogen-bond acceptors (Lipinski definition) is 4. The van der Waals surface area contributed by atoms with Crippen LogP contribution in [0.15, 0.2) is 24.3 Å². The summed E-state index contributed by atoms with van der Waals surface area (Å²) in [6.07, 6.45) is 2.91. The van der Waals surface area contributed by atoms with Gasteiger partial charge in [0.05, 0.1) is 0 Å². The zero-order chi connectivity index (χ0) is 24.4. The van der Waals surface area contributed by atoms with Crippen molar-refractivity contribution in [1.29, 1.82) is 0 Å². The third-order valence-corrected chi connectivity index (χ3v) is 6.67. The molecule has 33 heavy (non-hydrogen) atoms. The first-order valence-electron chi connectivity index (χ1n) is 11.8. The van der Waals surface area contributed by atoms with E-state index in [1.165, 1.54) is 0 Å². The van der Waals surface area contributed by atoms with Crippen molar-refractivity contribution < 1.29 is 19.2 Å². The molecule has 1 saturated carbocycles. The molecule has 1 saturated heterocycles. The van der Waals surface area contributed by atoms with E-state index in [2.05, 4.69) is 36.7 Å². The van der Waals surface area contributed by atoms with Crippen molar-refractivity contribution in [3.63, 3.8) is 0 Å². The van der Waals surface area contributed by atoms with Gasteiger partial charge in [0.1, 0.15) is 12.1 Å². The van der Waals surface area contributed by atoms with E-state index in [-0.39, 0.29) is 36.2 Å². The molecule has 1 heterocycles. The topological polar surface area (TPSA) is 108 Å². The summed E-state index contributed by atoms with van der Waals surface area (Å²) >= 11 is 0. The Morgan fingerprint density at radius 2 is 1.97 bits per heavy atom. The molecule has 3 unspecified atom stereocenters. The van der Waals surface area contributed by atoms with Crippen LogP contribution >= 0.6 is 0 Å². The molecule has 1 aliphatic carbocycles. The highest BCUT2D eigenvalue weighted by Crippen LogP contribution is 2.46. The van der Waals surface area contributed by atoms with Crippen LogP contribution in [0.2, 0.25) is 0 Å². The third kappa shape index (κ3) is 5.72. The molecule has 1 aliphatic heterocycles. The summed E-state index contributed by atoms with van der Waals surface area (Å²) in [7, 11) is 0. The lowest BCUT2D eigenvalue weighted by molar-refractivity contribution is -0.137. The number of amides is 5. The average molecular weight is 457 g/mol. The first kappa shape index (κ1) is 24.7. The highest BCUT2D eigenvalue weighted by molar-refractivity contribution is 6.09. The second kappa shape index (κ2) is 9.53. The average Bonchev–Trinajstić information content (AvgIpc) is 2.93. The second-order valence-electron chi connectivity index (χ2n) is 10.5. The van der Waals surface area contributed by atoms with Gasteiger partial charge in [0.2, 0.25) is 11.8 Å². The minimum atomic E-state index is -0.916. The molecule has 3 rings (SSSR count). The van der Waals surface area contributed by atoms with Gasteiger partial charge in [-0.15, -0.1) is 0 Å². The Balaban J connectivity index is 1.58. The van der Waals surface area contributed by atoms with E-state index in [0.29, 0.717) is 24.4 Å². The molecular weight excluding hydrogens is 420 g/mol. The highest BCUT2D eigenvalue weighted by atomic mass is 16.2. The van der Waals surface area contributed by atoms with Gasteiger partial charge < -0.3 is 16.0 Å². The van der Waals surface area contributed by atoms with Crippen LogP contribution < -0.4 is 16.0 Å². The number of nitrogens with zero attached hydrogens (tertiary/aromatic N) is 1. The lowest BCUT2D eigenvalue weighted by atomic mass is 9.64. The molecule has 1 aromatic rings. The van der Waals surface area contributed by atoms with Crippen molar-refractivity contribution in [3.8, 4) is 0 Å². The number of anilines is 1. The van der Waals surface area contributed by atoms with E-state index in [0.717, 1.165) is 23.3 Å². The maximum Gasteiger partial charge on any atom is 0.325 e. The normalized spacial score (nSPS) is 25.0. The maximum absolute atomic E-state index is 13.2. The highest BCUT2D eigenvalue weighted by Gasteiger charge is 2.56. The zero-order valence-electron chi connectivity index (χ0n) is 20.3. The largest absolute Gasteiger partial charge is 0.350 e. The van der Waals surface area contributed by atoms with E-state index in [9.17, 15) is 19.2 Å². The van der Waals surface area contributed by atoms with Crippen molar-refractivity contribution in [2.24, 2.45) is 17.3 Å². The fourth-order valence-electron chi connectivity index (χ4n) is 5.26. The van der Waals surface area contributed by atoms with Gasteiger partial charge >= 0.3 is 6.03 Å². The van der Waals surface area contributed by atoms with Crippen LogP contribution in [-0.2, 0) is 20.9 Å². The monoisotopic (exact) mass is 456 g/mol. The molecule has 2 fully saturated rings. The summed E-state index contributed by atoms with van der Waals surface area (Å²) in [6.45, 7) is 10.1. The Morgan fingerprint density at radius 3 is 2.64 bits per heavy atom. The van der Waals surface area contributed by atoms with Crippen LogP contribution in [0.4, 0.5) is 10.5 Å². The predicted octanol–water partition coefficient (Wildman–Crippen LogP) is 3.42. The second-order valence-corrected chi connectivity index (χ2v) is 10.5. The number of carbonyl (C=O) groups is 4. The number of urea groups is 1. The smallest absolute Gasteiger partial charge is 0.325 e. The van der Waals surface area contributed by atoms with Crippen molar-refractivity contribution in [2.45, 2.75) is 72.4 Å². The van der Waals surface area contributed by atoms with Crippen LogP contribution in [0, 0.1) is 17.3 Å².